The van der Waals surface area contributed by atoms with Gasteiger partial charge in [-0.15, -0.1) is 0 Å². The van der Waals surface area contributed by atoms with Crippen molar-refractivity contribution < 1.29 is 9.53 Å². The normalized spacial score (nSPS) is 10.9. The average molecular weight is 464 g/mol. The zero-order chi connectivity index (χ0) is 18.4. The molecule has 0 unspecified atom stereocenters. The molecule has 128 valence electrons. The highest BCUT2D eigenvalue weighted by molar-refractivity contribution is 9.11. The van der Waals surface area contributed by atoms with E-state index in [0.717, 1.165) is 15.4 Å². The predicted octanol–water partition coefficient (Wildman–Crippen LogP) is 5.33. The third kappa shape index (κ3) is 4.94. The highest BCUT2D eigenvalue weighted by Crippen LogP contribution is 2.34. The van der Waals surface area contributed by atoms with E-state index >= 15 is 0 Å². The van der Waals surface area contributed by atoms with E-state index in [2.05, 4.69) is 44.1 Å². The van der Waals surface area contributed by atoms with Crippen LogP contribution in [-0.2, 0) is 11.2 Å². The Morgan fingerprint density at radius 2 is 1.96 bits per heavy atom. The summed E-state index contributed by atoms with van der Waals surface area (Å²) in [7, 11) is 1.53. The number of nitrogens with one attached hydrogen (secondary N) is 1. The maximum atomic E-state index is 12.4. The molecule has 0 spiro atoms. The number of amides is 1. The smallest absolute Gasteiger partial charge is 0.266 e. The molecule has 6 heteroatoms. The maximum absolute atomic E-state index is 12.4. The molecular formula is C19H16Br2N2O2. The van der Waals surface area contributed by atoms with Gasteiger partial charge >= 0.3 is 0 Å². The molecule has 25 heavy (non-hydrogen) atoms. The number of aryl methyl sites for hydroxylation is 1. The van der Waals surface area contributed by atoms with Gasteiger partial charge in [0.05, 0.1) is 11.6 Å². The lowest BCUT2D eigenvalue weighted by molar-refractivity contribution is -0.112. The second-order valence-corrected chi connectivity index (χ2v) is 6.95. The highest BCUT2D eigenvalue weighted by atomic mass is 79.9. The number of nitrogens with zero attached hydrogens (tertiary/aromatic N) is 1. The van der Waals surface area contributed by atoms with E-state index < -0.39 is 5.91 Å². The molecule has 2 rings (SSSR count). The number of ether oxygens (including phenoxy) is 1. The Hall–Kier alpha value is -2.10. The van der Waals surface area contributed by atoms with Gasteiger partial charge in [-0.2, -0.15) is 5.26 Å². The second-order valence-electron chi connectivity index (χ2n) is 5.18. The molecule has 2 aromatic carbocycles. The first-order valence-electron chi connectivity index (χ1n) is 7.53. The first kappa shape index (κ1) is 19.2. The maximum Gasteiger partial charge on any atom is 0.266 e. The van der Waals surface area contributed by atoms with Gasteiger partial charge in [0.1, 0.15) is 17.4 Å². The van der Waals surface area contributed by atoms with Gasteiger partial charge in [0.25, 0.3) is 5.91 Å². The number of nitriles is 1. The standard InChI is InChI=1S/C19H16Br2N2O2/c1-3-12-4-6-16(7-5-12)23-19(24)14(11-22)8-13-9-15(20)10-17(21)18(13)25-2/h4-10H,3H2,1-2H3,(H,23,24)/b14-8+. The van der Waals surface area contributed by atoms with Crippen molar-refractivity contribution in [1.29, 1.82) is 5.26 Å². The summed E-state index contributed by atoms with van der Waals surface area (Å²) in [6.07, 6.45) is 2.43. The number of methoxy groups -OCH3 is 1. The van der Waals surface area contributed by atoms with E-state index in [-0.39, 0.29) is 5.57 Å². The number of hydrogen-bond donors (Lipinski definition) is 1. The van der Waals surface area contributed by atoms with E-state index in [1.807, 2.05) is 36.4 Å². The largest absolute Gasteiger partial charge is 0.495 e. The highest BCUT2D eigenvalue weighted by Gasteiger charge is 2.13. The SMILES string of the molecule is CCc1ccc(NC(=O)/C(C#N)=C/c2cc(Br)cc(Br)c2OC)cc1. The molecule has 0 fully saturated rings. The molecule has 0 saturated carbocycles. The number of carbonyl (C=O) groups excluding carboxylic acids is 1. The van der Waals surface area contributed by atoms with Crippen LogP contribution in [-0.4, -0.2) is 13.0 Å². The molecule has 0 heterocycles. The van der Waals surface area contributed by atoms with Gasteiger partial charge in [0.15, 0.2) is 0 Å². The third-order valence-corrected chi connectivity index (χ3v) is 4.57. The van der Waals surface area contributed by atoms with Gasteiger partial charge in [0, 0.05) is 15.7 Å². The van der Waals surface area contributed by atoms with Crippen LogP contribution in [0.1, 0.15) is 18.1 Å². The quantitative estimate of drug-likeness (QED) is 0.481. The second kappa shape index (κ2) is 8.84. The minimum absolute atomic E-state index is 0.0112. The topological polar surface area (TPSA) is 62.1 Å². The molecule has 0 saturated heterocycles. The molecule has 1 N–H and O–H groups in total. The fourth-order valence-corrected chi connectivity index (χ4v) is 3.65. The molecule has 1 amide bonds. The molecule has 0 radical (unpaired) electrons. The minimum atomic E-state index is -0.468. The third-order valence-electron chi connectivity index (χ3n) is 3.53. The summed E-state index contributed by atoms with van der Waals surface area (Å²) in [5.41, 5.74) is 2.43. The van der Waals surface area contributed by atoms with Gasteiger partial charge in [-0.05, 0) is 58.3 Å². The Balaban J connectivity index is 2.31. The van der Waals surface area contributed by atoms with Crippen molar-refractivity contribution in [2.75, 3.05) is 12.4 Å². The van der Waals surface area contributed by atoms with Crippen LogP contribution < -0.4 is 10.1 Å². The zero-order valence-corrected chi connectivity index (χ0v) is 16.9. The van der Waals surface area contributed by atoms with Crippen molar-refractivity contribution >= 4 is 49.5 Å². The minimum Gasteiger partial charge on any atom is -0.495 e. The summed E-state index contributed by atoms with van der Waals surface area (Å²) in [6.45, 7) is 2.06. The fourth-order valence-electron chi connectivity index (χ4n) is 2.23. The Morgan fingerprint density at radius 1 is 1.28 bits per heavy atom. The Labute approximate surface area is 163 Å². The number of benzene rings is 2. The Kier molecular flexibility index (Phi) is 6.80. The van der Waals surface area contributed by atoms with Gasteiger partial charge in [-0.25, -0.2) is 0 Å². The van der Waals surface area contributed by atoms with Gasteiger partial charge in [0.2, 0.25) is 0 Å². The summed E-state index contributed by atoms with van der Waals surface area (Å²) < 4.78 is 6.88. The van der Waals surface area contributed by atoms with Crippen LogP contribution in [0.2, 0.25) is 0 Å². The lowest BCUT2D eigenvalue weighted by atomic mass is 10.1. The van der Waals surface area contributed by atoms with E-state index in [4.69, 9.17) is 4.74 Å². The monoisotopic (exact) mass is 462 g/mol. The first-order chi connectivity index (χ1) is 12.0. The van der Waals surface area contributed by atoms with Gasteiger partial charge < -0.3 is 10.1 Å². The predicted molar refractivity (Wildman–Crippen MR) is 106 cm³/mol. The van der Waals surface area contributed by atoms with Crippen molar-refractivity contribution in [3.05, 3.63) is 62.0 Å². The lowest BCUT2D eigenvalue weighted by Crippen LogP contribution is -2.13. The summed E-state index contributed by atoms with van der Waals surface area (Å²) in [5, 5.41) is 12.1. The van der Waals surface area contributed by atoms with Gasteiger partial charge in [-0.1, -0.05) is 35.0 Å². The van der Waals surface area contributed by atoms with Crippen LogP contribution in [0.25, 0.3) is 6.08 Å². The molecule has 0 aliphatic rings. The number of carbonyl (C=O) groups is 1. The van der Waals surface area contributed by atoms with Crippen LogP contribution in [0, 0.1) is 11.3 Å². The van der Waals surface area contributed by atoms with Crippen LogP contribution in [0.4, 0.5) is 5.69 Å². The summed E-state index contributed by atoms with van der Waals surface area (Å²) in [5.74, 6) is 0.0842. The zero-order valence-electron chi connectivity index (χ0n) is 13.8. The van der Waals surface area contributed by atoms with Crippen molar-refractivity contribution in [3.63, 3.8) is 0 Å². The first-order valence-corrected chi connectivity index (χ1v) is 9.12. The van der Waals surface area contributed by atoms with E-state index in [1.54, 1.807) is 6.07 Å². The molecule has 0 aromatic heterocycles. The van der Waals surface area contributed by atoms with Crippen LogP contribution >= 0.6 is 31.9 Å². The molecule has 0 atom stereocenters. The molecule has 0 aliphatic heterocycles. The average Bonchev–Trinajstić information content (AvgIpc) is 2.59. The van der Waals surface area contributed by atoms with E-state index in [9.17, 15) is 10.1 Å². The Bertz CT molecular complexity index is 853. The van der Waals surface area contributed by atoms with Crippen LogP contribution in [0.15, 0.2) is 50.9 Å². The fraction of sp³-hybridized carbons (Fsp3) is 0.158. The molecule has 0 bridgehead atoms. The van der Waals surface area contributed by atoms with E-state index in [0.29, 0.717) is 17.0 Å². The lowest BCUT2D eigenvalue weighted by Gasteiger charge is -2.09. The van der Waals surface area contributed by atoms with Crippen molar-refractivity contribution in [3.8, 4) is 11.8 Å². The van der Waals surface area contributed by atoms with Crippen LogP contribution in [0.3, 0.4) is 0 Å². The van der Waals surface area contributed by atoms with Crippen molar-refractivity contribution in [1.82, 2.24) is 0 Å². The summed E-state index contributed by atoms with van der Waals surface area (Å²) in [6, 6.07) is 13.1. The van der Waals surface area contributed by atoms with Crippen LogP contribution in [0.5, 0.6) is 5.75 Å². The molecular weight excluding hydrogens is 448 g/mol. The van der Waals surface area contributed by atoms with Crippen molar-refractivity contribution in [2.45, 2.75) is 13.3 Å². The summed E-state index contributed by atoms with van der Waals surface area (Å²) in [4.78, 5) is 12.4. The molecule has 4 nitrogen and oxygen atoms in total. The van der Waals surface area contributed by atoms with Gasteiger partial charge in [-0.3, -0.25) is 4.79 Å². The summed E-state index contributed by atoms with van der Waals surface area (Å²) >= 11 is 6.80. The Morgan fingerprint density at radius 3 is 2.52 bits per heavy atom. The number of rotatable bonds is 5. The molecule has 0 aliphatic carbocycles. The number of hydrogen-bond acceptors (Lipinski definition) is 3. The number of halogens is 2. The number of anilines is 1. The molecule has 2 aromatic rings. The van der Waals surface area contributed by atoms with E-state index in [1.165, 1.54) is 18.7 Å². The van der Waals surface area contributed by atoms with Crippen molar-refractivity contribution in [2.24, 2.45) is 0 Å².